The van der Waals surface area contributed by atoms with Crippen molar-refractivity contribution < 1.29 is 23.8 Å². The van der Waals surface area contributed by atoms with Gasteiger partial charge in [-0.25, -0.2) is 9.59 Å². The van der Waals surface area contributed by atoms with Crippen molar-refractivity contribution in [2.75, 3.05) is 21.3 Å². The molecule has 0 spiro atoms. The van der Waals surface area contributed by atoms with Crippen LogP contribution in [0.4, 0.5) is 0 Å². The normalized spacial score (nSPS) is 22.5. The summed E-state index contributed by atoms with van der Waals surface area (Å²) in [6.45, 7) is 0. The minimum atomic E-state index is -0.851. The Kier molecular flexibility index (Phi) is 4.22. The molecule has 1 aromatic rings. The lowest BCUT2D eigenvalue weighted by molar-refractivity contribution is -0.160. The molecule has 0 radical (unpaired) electrons. The fourth-order valence-electron chi connectivity index (χ4n) is 2.69. The maximum atomic E-state index is 12.4. The van der Waals surface area contributed by atoms with Crippen LogP contribution in [0.1, 0.15) is 11.8 Å². The van der Waals surface area contributed by atoms with Crippen molar-refractivity contribution in [3.05, 3.63) is 53.8 Å². The van der Waals surface area contributed by atoms with Gasteiger partial charge in [0.15, 0.2) is 0 Å². The summed E-state index contributed by atoms with van der Waals surface area (Å²) in [7, 11) is 4.31. The lowest BCUT2D eigenvalue weighted by Crippen LogP contribution is -2.47. The van der Waals surface area contributed by atoms with E-state index in [2.05, 4.69) is 4.98 Å². The molecule has 0 saturated carbocycles. The predicted molar refractivity (Wildman–Crippen MR) is 81.7 cm³/mol. The zero-order valence-corrected chi connectivity index (χ0v) is 13.5. The van der Waals surface area contributed by atoms with Crippen LogP contribution in [0.15, 0.2) is 48.1 Å². The highest BCUT2D eigenvalue weighted by Gasteiger charge is 2.45. The Bertz CT molecular complexity index is 716. The molecule has 0 saturated heterocycles. The number of methoxy groups -OCH3 is 2. The Morgan fingerprint density at radius 3 is 2.54 bits per heavy atom. The quantitative estimate of drug-likeness (QED) is 0.751. The highest BCUT2D eigenvalue weighted by molar-refractivity contribution is 6.01. The molecule has 0 aromatic carbocycles. The van der Waals surface area contributed by atoms with Crippen LogP contribution < -0.4 is 0 Å². The maximum Gasteiger partial charge on any atom is 0.355 e. The van der Waals surface area contributed by atoms with Crippen LogP contribution in [-0.4, -0.2) is 54.3 Å². The van der Waals surface area contributed by atoms with E-state index < -0.39 is 24.4 Å². The molecule has 0 bridgehead atoms. The average molecular weight is 331 g/mol. The molecule has 0 fully saturated rings. The maximum absolute atomic E-state index is 12.4. The van der Waals surface area contributed by atoms with E-state index in [0.717, 1.165) is 0 Å². The number of nitrogens with zero attached hydrogens (tertiary/aromatic N) is 3. The van der Waals surface area contributed by atoms with Gasteiger partial charge in [0.1, 0.15) is 17.4 Å². The summed E-state index contributed by atoms with van der Waals surface area (Å²) in [5.74, 6) is -1.32. The third kappa shape index (κ3) is 2.50. The molecular weight excluding hydrogens is 314 g/mol. The van der Waals surface area contributed by atoms with E-state index in [-0.39, 0.29) is 11.3 Å². The molecule has 126 valence electrons. The van der Waals surface area contributed by atoms with Crippen molar-refractivity contribution in [1.82, 2.24) is 14.8 Å². The van der Waals surface area contributed by atoms with Gasteiger partial charge in [-0.1, -0.05) is 6.07 Å². The third-order valence-corrected chi connectivity index (χ3v) is 3.82. The summed E-state index contributed by atoms with van der Waals surface area (Å²) in [6, 6.07) is 5.26. The van der Waals surface area contributed by atoms with Gasteiger partial charge < -0.3 is 19.1 Å². The van der Waals surface area contributed by atoms with Gasteiger partial charge in [0.05, 0.1) is 19.9 Å². The number of aromatic nitrogens is 1. The molecule has 2 aliphatic heterocycles. The molecule has 0 N–H and O–H groups in total. The van der Waals surface area contributed by atoms with Crippen LogP contribution in [0, 0.1) is 0 Å². The van der Waals surface area contributed by atoms with E-state index in [1.807, 2.05) is 0 Å². The lowest BCUT2D eigenvalue weighted by Gasteiger charge is -2.39. The Morgan fingerprint density at radius 1 is 1.17 bits per heavy atom. The van der Waals surface area contributed by atoms with Crippen LogP contribution in [0.3, 0.4) is 0 Å². The lowest BCUT2D eigenvalue weighted by atomic mass is 10.0. The van der Waals surface area contributed by atoms with Crippen molar-refractivity contribution in [2.24, 2.45) is 0 Å². The second-order valence-corrected chi connectivity index (χ2v) is 5.21. The number of hydrogen-bond donors (Lipinski definition) is 0. The van der Waals surface area contributed by atoms with Gasteiger partial charge in [-0.15, -0.1) is 0 Å². The monoisotopic (exact) mass is 331 g/mol. The van der Waals surface area contributed by atoms with Crippen molar-refractivity contribution in [1.29, 1.82) is 0 Å². The van der Waals surface area contributed by atoms with Crippen LogP contribution in [0.2, 0.25) is 0 Å². The summed E-state index contributed by atoms with van der Waals surface area (Å²) in [5, 5.41) is 0. The summed E-state index contributed by atoms with van der Waals surface area (Å²) < 4.78 is 15.8. The van der Waals surface area contributed by atoms with E-state index in [4.69, 9.17) is 14.2 Å². The Morgan fingerprint density at radius 2 is 1.92 bits per heavy atom. The Labute approximate surface area is 138 Å². The molecule has 8 heteroatoms. The van der Waals surface area contributed by atoms with Gasteiger partial charge in [-0.05, 0) is 12.1 Å². The van der Waals surface area contributed by atoms with E-state index in [1.54, 1.807) is 48.7 Å². The van der Waals surface area contributed by atoms with Gasteiger partial charge in [0.2, 0.25) is 6.35 Å². The van der Waals surface area contributed by atoms with Gasteiger partial charge in [0, 0.05) is 25.6 Å². The van der Waals surface area contributed by atoms with E-state index in [1.165, 1.54) is 19.1 Å². The first-order valence-electron chi connectivity index (χ1n) is 7.24. The second-order valence-electron chi connectivity index (χ2n) is 5.21. The number of esters is 2. The number of carbonyl (C=O) groups is 2. The van der Waals surface area contributed by atoms with Crippen molar-refractivity contribution in [2.45, 2.75) is 12.5 Å². The second kappa shape index (κ2) is 6.32. The molecule has 0 unspecified atom stereocenters. The van der Waals surface area contributed by atoms with E-state index in [9.17, 15) is 9.59 Å². The Hall–Kier alpha value is -2.87. The number of fused-ring (bicyclic) bond motifs is 1. The van der Waals surface area contributed by atoms with Crippen LogP contribution in [0.25, 0.3) is 0 Å². The van der Waals surface area contributed by atoms with Crippen LogP contribution in [0.5, 0.6) is 0 Å². The average Bonchev–Trinajstić information content (AvgIpc) is 3.00. The third-order valence-electron chi connectivity index (χ3n) is 3.82. The topological polar surface area (TPSA) is 81.2 Å². The SMILES string of the molecule is COC(=O)C1=C(C(=O)OC)N2C=CN(C)[C@H]2O[C@H]1c1ccccn1. The molecule has 24 heavy (non-hydrogen) atoms. The highest BCUT2D eigenvalue weighted by atomic mass is 16.6. The molecule has 1 aromatic heterocycles. The minimum Gasteiger partial charge on any atom is -0.466 e. The zero-order valence-electron chi connectivity index (χ0n) is 13.5. The largest absolute Gasteiger partial charge is 0.466 e. The number of carbonyl (C=O) groups excluding carboxylic acids is 2. The molecule has 3 rings (SSSR count). The van der Waals surface area contributed by atoms with Gasteiger partial charge in [-0.2, -0.15) is 0 Å². The van der Waals surface area contributed by atoms with Crippen molar-refractivity contribution >= 4 is 11.9 Å². The molecule has 2 aliphatic rings. The molecule has 8 nitrogen and oxygen atoms in total. The summed E-state index contributed by atoms with van der Waals surface area (Å²) in [6.07, 6.45) is 3.54. The molecule has 2 atom stereocenters. The highest BCUT2D eigenvalue weighted by Crippen LogP contribution is 2.39. The molecule has 0 aliphatic carbocycles. The molecular formula is C16H17N3O5. The van der Waals surface area contributed by atoms with E-state index in [0.29, 0.717) is 5.69 Å². The molecule has 3 heterocycles. The van der Waals surface area contributed by atoms with Crippen LogP contribution >= 0.6 is 0 Å². The first-order valence-corrected chi connectivity index (χ1v) is 7.24. The zero-order chi connectivity index (χ0) is 17.3. The fourth-order valence-corrected chi connectivity index (χ4v) is 2.69. The summed E-state index contributed by atoms with van der Waals surface area (Å²) >= 11 is 0. The standard InChI is InChI=1S/C16H17N3O5/c1-18-8-9-19-12(15(21)23-3)11(14(20)22-2)13(24-16(18)19)10-6-4-5-7-17-10/h4-9,13,16H,1-3H3/t13-,16+/m0/s1. The smallest absolute Gasteiger partial charge is 0.355 e. The fraction of sp³-hybridized carbons (Fsp3) is 0.312. The van der Waals surface area contributed by atoms with E-state index >= 15 is 0 Å². The predicted octanol–water partition coefficient (Wildman–Crippen LogP) is 0.755. The number of rotatable bonds is 3. The summed E-state index contributed by atoms with van der Waals surface area (Å²) in [5.41, 5.74) is 0.635. The Balaban J connectivity index is 2.19. The number of hydrogen-bond acceptors (Lipinski definition) is 8. The van der Waals surface area contributed by atoms with Gasteiger partial charge in [-0.3, -0.25) is 9.88 Å². The van der Waals surface area contributed by atoms with Crippen molar-refractivity contribution in [3.8, 4) is 0 Å². The molecule has 0 amide bonds. The first-order chi connectivity index (χ1) is 11.6. The number of ether oxygens (including phenoxy) is 3. The summed E-state index contributed by atoms with van der Waals surface area (Å²) in [4.78, 5) is 32.3. The van der Waals surface area contributed by atoms with Crippen molar-refractivity contribution in [3.63, 3.8) is 0 Å². The number of pyridine rings is 1. The minimum absolute atomic E-state index is 0.0549. The van der Waals surface area contributed by atoms with Gasteiger partial charge >= 0.3 is 11.9 Å². The first kappa shape index (κ1) is 16.0. The van der Waals surface area contributed by atoms with Crippen LogP contribution in [-0.2, 0) is 23.8 Å². The van der Waals surface area contributed by atoms with Gasteiger partial charge in [0.25, 0.3) is 0 Å².